The molecular weight excluding hydrogens is 278 g/mol. The van der Waals surface area contributed by atoms with Gasteiger partial charge in [-0.15, -0.1) is 0 Å². The number of carbonyl (C=O) groups excluding carboxylic acids is 1. The highest BCUT2D eigenvalue weighted by atomic mass is 32.2. The molecule has 2 rings (SSSR count). The molecule has 1 aromatic carbocycles. The smallest absolute Gasteiger partial charge is 0.230 e. The molecule has 1 unspecified atom stereocenters. The van der Waals surface area contributed by atoms with Gasteiger partial charge in [-0.05, 0) is 18.4 Å². The summed E-state index contributed by atoms with van der Waals surface area (Å²) in [4.78, 5) is 13.5. The van der Waals surface area contributed by atoms with Crippen molar-refractivity contribution in [3.63, 3.8) is 0 Å². The molecule has 1 aliphatic rings. The highest BCUT2D eigenvalue weighted by Gasteiger charge is 2.25. The average Bonchev–Trinajstić information content (AvgIpc) is 2.84. The van der Waals surface area contributed by atoms with Gasteiger partial charge in [0.2, 0.25) is 5.91 Å². The quantitative estimate of drug-likeness (QED) is 0.846. The van der Waals surface area contributed by atoms with Gasteiger partial charge in [0.25, 0.3) is 0 Å². The number of amides is 1. The molecule has 0 saturated carbocycles. The number of hydrogen-bond acceptors (Lipinski definition) is 4. The molecule has 1 aromatic rings. The van der Waals surface area contributed by atoms with Gasteiger partial charge in [0.05, 0.1) is 12.5 Å². The maximum atomic E-state index is 11.9. The van der Waals surface area contributed by atoms with Crippen molar-refractivity contribution in [2.45, 2.75) is 25.4 Å². The summed E-state index contributed by atoms with van der Waals surface area (Å²) in [6, 6.07) is 9.98. The minimum atomic E-state index is -0.596. The topological polar surface area (TPSA) is 40.5 Å². The fourth-order valence-corrected chi connectivity index (χ4v) is 3.25. The number of rotatable bonds is 5. The van der Waals surface area contributed by atoms with Crippen LogP contribution in [0.3, 0.4) is 0 Å². The Hall–Kier alpha value is -0.910. The molecule has 5 heteroatoms. The van der Waals surface area contributed by atoms with Gasteiger partial charge in [-0.3, -0.25) is 9.69 Å². The monoisotopic (exact) mass is 295 g/mol. The Morgan fingerprint density at radius 1 is 1.42 bits per heavy atom. The van der Waals surface area contributed by atoms with E-state index < -0.39 is 6.10 Å². The molecule has 1 fully saturated rings. The lowest BCUT2D eigenvalue weighted by Gasteiger charge is -2.17. The van der Waals surface area contributed by atoms with Crippen molar-refractivity contribution in [3.8, 4) is 0 Å². The molecule has 3 nitrogen and oxygen atoms in total. The predicted molar refractivity (Wildman–Crippen MR) is 82.2 cm³/mol. The van der Waals surface area contributed by atoms with E-state index in [0.29, 0.717) is 17.3 Å². The molecule has 19 heavy (non-hydrogen) atoms. The zero-order chi connectivity index (χ0) is 13.7. The fraction of sp³-hybridized carbons (Fsp3) is 0.429. The van der Waals surface area contributed by atoms with Crippen LogP contribution in [0, 0.1) is 0 Å². The summed E-state index contributed by atoms with van der Waals surface area (Å²) >= 11 is 6.62. The van der Waals surface area contributed by atoms with Crippen LogP contribution >= 0.6 is 24.0 Å². The first-order valence-corrected chi connectivity index (χ1v) is 7.75. The summed E-state index contributed by atoms with van der Waals surface area (Å²) in [6.07, 6.45) is 0.951. The largest absolute Gasteiger partial charge is 0.393 e. The zero-order valence-electron chi connectivity index (χ0n) is 10.6. The predicted octanol–water partition coefficient (Wildman–Crippen LogP) is 2.23. The van der Waals surface area contributed by atoms with E-state index in [9.17, 15) is 9.90 Å². The fourth-order valence-electron chi connectivity index (χ4n) is 2.01. The molecule has 1 heterocycles. The van der Waals surface area contributed by atoms with Crippen molar-refractivity contribution < 1.29 is 9.90 Å². The van der Waals surface area contributed by atoms with E-state index in [1.165, 1.54) is 17.3 Å². The van der Waals surface area contributed by atoms with E-state index in [1.807, 2.05) is 30.3 Å². The van der Waals surface area contributed by atoms with E-state index in [4.69, 9.17) is 12.2 Å². The number of nitrogens with zero attached hydrogens (tertiary/aromatic N) is 1. The van der Waals surface area contributed by atoms with Gasteiger partial charge in [-0.1, -0.05) is 54.3 Å². The van der Waals surface area contributed by atoms with E-state index >= 15 is 0 Å². The number of thioether (sulfide) groups is 1. The summed E-state index contributed by atoms with van der Waals surface area (Å²) in [7, 11) is 0. The highest BCUT2D eigenvalue weighted by molar-refractivity contribution is 8.23. The lowest BCUT2D eigenvalue weighted by atomic mass is 10.0. The number of aryl methyl sites for hydroxylation is 1. The van der Waals surface area contributed by atoms with Crippen LogP contribution in [0.15, 0.2) is 30.3 Å². The SMILES string of the molecule is O=C(CC(O)CCc1ccccc1)N1CCSC1=S. The lowest BCUT2D eigenvalue weighted by molar-refractivity contribution is -0.128. The molecule has 1 amide bonds. The number of hydrogen-bond donors (Lipinski definition) is 1. The molecule has 102 valence electrons. The Labute approximate surface area is 123 Å². The molecule has 1 aliphatic heterocycles. The maximum Gasteiger partial charge on any atom is 0.230 e. The average molecular weight is 295 g/mol. The maximum absolute atomic E-state index is 11.9. The minimum Gasteiger partial charge on any atom is -0.393 e. The van der Waals surface area contributed by atoms with Gasteiger partial charge in [0.1, 0.15) is 4.32 Å². The van der Waals surface area contributed by atoms with Crippen LogP contribution in [0.2, 0.25) is 0 Å². The number of carbonyl (C=O) groups is 1. The molecule has 0 aromatic heterocycles. The van der Waals surface area contributed by atoms with Crippen molar-refractivity contribution in [1.82, 2.24) is 4.90 Å². The molecule has 0 spiro atoms. The molecule has 0 aliphatic carbocycles. The Bertz CT molecular complexity index is 450. The van der Waals surface area contributed by atoms with Gasteiger partial charge in [0, 0.05) is 12.3 Å². The highest BCUT2D eigenvalue weighted by Crippen LogP contribution is 2.19. The van der Waals surface area contributed by atoms with Crippen molar-refractivity contribution >= 4 is 34.2 Å². The van der Waals surface area contributed by atoms with Crippen LogP contribution in [-0.2, 0) is 11.2 Å². The third kappa shape index (κ3) is 4.30. The van der Waals surface area contributed by atoms with Crippen LogP contribution in [0.5, 0.6) is 0 Å². The summed E-state index contributed by atoms with van der Waals surface area (Å²) < 4.78 is 0.639. The summed E-state index contributed by atoms with van der Waals surface area (Å²) in [5, 5.41) is 9.93. The molecule has 0 bridgehead atoms. The van der Waals surface area contributed by atoms with Crippen molar-refractivity contribution in [2.75, 3.05) is 12.3 Å². The summed E-state index contributed by atoms with van der Waals surface area (Å²) in [5.74, 6) is 0.806. The Kier molecular flexibility index (Phi) is 5.36. The van der Waals surface area contributed by atoms with Crippen molar-refractivity contribution in [1.29, 1.82) is 0 Å². The number of benzene rings is 1. The molecular formula is C14H17NO2S2. The van der Waals surface area contributed by atoms with Gasteiger partial charge in [-0.2, -0.15) is 0 Å². The summed E-state index contributed by atoms with van der Waals surface area (Å²) in [6.45, 7) is 0.674. The van der Waals surface area contributed by atoms with E-state index in [1.54, 1.807) is 4.90 Å². The number of aliphatic hydroxyl groups is 1. The molecule has 1 atom stereocenters. The van der Waals surface area contributed by atoms with E-state index in [-0.39, 0.29) is 12.3 Å². The van der Waals surface area contributed by atoms with Crippen LogP contribution in [0.4, 0.5) is 0 Å². The van der Waals surface area contributed by atoms with E-state index in [2.05, 4.69) is 0 Å². The van der Waals surface area contributed by atoms with E-state index in [0.717, 1.165) is 12.2 Å². The number of thiocarbonyl (C=S) groups is 1. The molecule has 1 saturated heterocycles. The minimum absolute atomic E-state index is 0.0597. The first-order valence-electron chi connectivity index (χ1n) is 6.36. The second-order valence-corrected chi connectivity index (χ2v) is 6.27. The van der Waals surface area contributed by atoms with Crippen LogP contribution < -0.4 is 0 Å². The first kappa shape index (κ1) is 14.5. The van der Waals surface area contributed by atoms with Crippen LogP contribution in [-0.4, -0.2) is 38.6 Å². The Morgan fingerprint density at radius 3 is 2.79 bits per heavy atom. The molecule has 1 N–H and O–H groups in total. The standard InChI is InChI=1S/C14H17NO2S2/c16-12(7-6-11-4-2-1-3-5-11)10-13(17)15-8-9-19-14(15)18/h1-5,12,16H,6-10H2. The van der Waals surface area contributed by atoms with Crippen LogP contribution in [0.1, 0.15) is 18.4 Å². The number of aliphatic hydroxyl groups excluding tert-OH is 1. The van der Waals surface area contributed by atoms with Gasteiger partial charge < -0.3 is 5.11 Å². The Morgan fingerprint density at radius 2 is 2.16 bits per heavy atom. The lowest BCUT2D eigenvalue weighted by Crippen LogP contribution is -2.33. The van der Waals surface area contributed by atoms with Crippen LogP contribution in [0.25, 0.3) is 0 Å². The van der Waals surface area contributed by atoms with Gasteiger partial charge in [0.15, 0.2) is 0 Å². The van der Waals surface area contributed by atoms with Gasteiger partial charge >= 0.3 is 0 Å². The summed E-state index contributed by atoms with van der Waals surface area (Å²) in [5.41, 5.74) is 1.18. The zero-order valence-corrected chi connectivity index (χ0v) is 12.3. The molecule has 0 radical (unpaired) electrons. The van der Waals surface area contributed by atoms with Crippen molar-refractivity contribution in [3.05, 3.63) is 35.9 Å². The normalized spacial score (nSPS) is 16.7. The first-order chi connectivity index (χ1) is 9.16. The Balaban J connectivity index is 1.76. The second kappa shape index (κ2) is 7.03. The van der Waals surface area contributed by atoms with Gasteiger partial charge in [-0.25, -0.2) is 0 Å². The second-order valence-electron chi connectivity index (χ2n) is 4.54. The third-order valence-corrected chi connectivity index (χ3v) is 4.51. The third-order valence-electron chi connectivity index (χ3n) is 3.08. The van der Waals surface area contributed by atoms with Crippen molar-refractivity contribution in [2.24, 2.45) is 0 Å².